The van der Waals surface area contributed by atoms with Crippen molar-refractivity contribution in [3.63, 3.8) is 0 Å². The number of rotatable bonds is 3. The monoisotopic (exact) mass is 204 g/mol. The predicted octanol–water partition coefficient (Wildman–Crippen LogP) is 1.99. The van der Waals surface area contributed by atoms with Crippen LogP contribution in [-0.4, -0.2) is 13.1 Å². The highest BCUT2D eigenvalue weighted by molar-refractivity contribution is 5.25. The highest BCUT2D eigenvalue weighted by atomic mass is 14.9. The SMILES string of the molecule is CNC(c1ccc(C)cc1)C1CC(N)C1. The molecule has 0 bridgehead atoms. The molecule has 3 N–H and O–H groups in total. The van der Waals surface area contributed by atoms with Crippen molar-refractivity contribution in [3.8, 4) is 0 Å². The van der Waals surface area contributed by atoms with Gasteiger partial charge in [0.25, 0.3) is 0 Å². The first-order chi connectivity index (χ1) is 7.20. The van der Waals surface area contributed by atoms with E-state index in [0.717, 1.165) is 12.8 Å². The molecule has 1 aromatic carbocycles. The lowest BCUT2D eigenvalue weighted by Crippen LogP contribution is -2.42. The highest BCUT2D eigenvalue weighted by Gasteiger charge is 2.32. The summed E-state index contributed by atoms with van der Waals surface area (Å²) in [6.07, 6.45) is 2.30. The van der Waals surface area contributed by atoms with Gasteiger partial charge < -0.3 is 11.1 Å². The Morgan fingerprint density at radius 3 is 2.33 bits per heavy atom. The molecule has 0 amide bonds. The summed E-state index contributed by atoms with van der Waals surface area (Å²) in [6.45, 7) is 2.12. The first kappa shape index (κ1) is 10.7. The molecule has 1 aromatic rings. The minimum atomic E-state index is 0.427. The average Bonchev–Trinajstić information content (AvgIpc) is 2.19. The molecule has 0 heterocycles. The van der Waals surface area contributed by atoms with E-state index in [2.05, 4.69) is 36.5 Å². The van der Waals surface area contributed by atoms with Crippen molar-refractivity contribution in [2.75, 3.05) is 7.05 Å². The molecule has 1 fully saturated rings. The van der Waals surface area contributed by atoms with Crippen LogP contribution in [0.3, 0.4) is 0 Å². The van der Waals surface area contributed by atoms with Gasteiger partial charge in [-0.2, -0.15) is 0 Å². The number of benzene rings is 1. The second-order valence-corrected chi connectivity index (χ2v) is 4.67. The number of hydrogen-bond donors (Lipinski definition) is 2. The van der Waals surface area contributed by atoms with Gasteiger partial charge in [0, 0.05) is 12.1 Å². The molecule has 1 atom stereocenters. The molecule has 2 nitrogen and oxygen atoms in total. The van der Waals surface area contributed by atoms with E-state index in [1.807, 2.05) is 7.05 Å². The lowest BCUT2D eigenvalue weighted by Gasteiger charge is -2.38. The normalized spacial score (nSPS) is 27.1. The predicted molar refractivity (Wildman–Crippen MR) is 63.7 cm³/mol. The van der Waals surface area contributed by atoms with Gasteiger partial charge in [-0.3, -0.25) is 0 Å². The first-order valence-corrected chi connectivity index (χ1v) is 5.70. The maximum absolute atomic E-state index is 5.84. The Kier molecular flexibility index (Phi) is 3.08. The number of nitrogens with one attached hydrogen (secondary N) is 1. The second-order valence-electron chi connectivity index (χ2n) is 4.67. The fourth-order valence-electron chi connectivity index (χ4n) is 2.43. The van der Waals surface area contributed by atoms with E-state index >= 15 is 0 Å². The van der Waals surface area contributed by atoms with E-state index in [-0.39, 0.29) is 0 Å². The Labute approximate surface area is 91.9 Å². The van der Waals surface area contributed by atoms with Crippen molar-refractivity contribution >= 4 is 0 Å². The van der Waals surface area contributed by atoms with E-state index in [1.54, 1.807) is 0 Å². The van der Waals surface area contributed by atoms with Crippen LogP contribution in [0.15, 0.2) is 24.3 Å². The third kappa shape index (κ3) is 2.21. The van der Waals surface area contributed by atoms with Gasteiger partial charge in [-0.25, -0.2) is 0 Å². The topological polar surface area (TPSA) is 38.0 Å². The molecule has 0 spiro atoms. The van der Waals surface area contributed by atoms with Crippen LogP contribution >= 0.6 is 0 Å². The minimum Gasteiger partial charge on any atom is -0.328 e. The average molecular weight is 204 g/mol. The van der Waals surface area contributed by atoms with Gasteiger partial charge in [-0.15, -0.1) is 0 Å². The summed E-state index contributed by atoms with van der Waals surface area (Å²) in [5, 5.41) is 3.40. The first-order valence-electron chi connectivity index (χ1n) is 5.70. The Morgan fingerprint density at radius 1 is 1.27 bits per heavy atom. The molecular weight excluding hydrogens is 184 g/mol. The molecule has 0 radical (unpaired) electrons. The highest BCUT2D eigenvalue weighted by Crippen LogP contribution is 2.36. The summed E-state index contributed by atoms with van der Waals surface area (Å²) in [5.41, 5.74) is 8.54. The molecule has 15 heavy (non-hydrogen) atoms. The summed E-state index contributed by atoms with van der Waals surface area (Å²) >= 11 is 0. The Balaban J connectivity index is 2.09. The molecule has 1 aliphatic carbocycles. The summed E-state index contributed by atoms with van der Waals surface area (Å²) in [5.74, 6) is 0.715. The lowest BCUT2D eigenvalue weighted by molar-refractivity contribution is 0.204. The van der Waals surface area contributed by atoms with Crippen LogP contribution in [0.1, 0.15) is 30.0 Å². The Bertz CT molecular complexity index is 312. The van der Waals surface area contributed by atoms with E-state index in [9.17, 15) is 0 Å². The van der Waals surface area contributed by atoms with Crippen LogP contribution in [0.5, 0.6) is 0 Å². The summed E-state index contributed by atoms with van der Waals surface area (Å²) in [6, 6.07) is 9.71. The molecule has 2 rings (SSSR count). The minimum absolute atomic E-state index is 0.427. The van der Waals surface area contributed by atoms with Crippen LogP contribution < -0.4 is 11.1 Å². The van der Waals surface area contributed by atoms with Gasteiger partial charge in [-0.1, -0.05) is 29.8 Å². The van der Waals surface area contributed by atoms with E-state index in [1.165, 1.54) is 11.1 Å². The van der Waals surface area contributed by atoms with Gasteiger partial charge >= 0.3 is 0 Å². The van der Waals surface area contributed by atoms with E-state index < -0.39 is 0 Å². The van der Waals surface area contributed by atoms with Crippen molar-refractivity contribution in [2.24, 2.45) is 11.7 Å². The zero-order valence-corrected chi connectivity index (χ0v) is 9.53. The maximum Gasteiger partial charge on any atom is 0.0347 e. The van der Waals surface area contributed by atoms with Gasteiger partial charge in [-0.05, 0) is 38.3 Å². The number of aryl methyl sites for hydroxylation is 1. The lowest BCUT2D eigenvalue weighted by atomic mass is 9.74. The largest absolute Gasteiger partial charge is 0.328 e. The third-order valence-electron chi connectivity index (χ3n) is 3.43. The van der Waals surface area contributed by atoms with E-state index in [0.29, 0.717) is 18.0 Å². The second kappa shape index (κ2) is 4.33. The van der Waals surface area contributed by atoms with Crippen molar-refractivity contribution < 1.29 is 0 Å². The van der Waals surface area contributed by atoms with Crippen LogP contribution in [0.4, 0.5) is 0 Å². The fraction of sp³-hybridized carbons (Fsp3) is 0.538. The zero-order valence-electron chi connectivity index (χ0n) is 9.53. The smallest absolute Gasteiger partial charge is 0.0347 e. The standard InChI is InChI=1S/C13H20N2/c1-9-3-5-10(6-4-9)13(15-2)11-7-12(14)8-11/h3-6,11-13,15H,7-8,14H2,1-2H3. The molecule has 1 saturated carbocycles. The van der Waals surface area contributed by atoms with Crippen molar-refractivity contribution in [2.45, 2.75) is 31.8 Å². The quantitative estimate of drug-likeness (QED) is 0.790. The molecular formula is C13H20N2. The van der Waals surface area contributed by atoms with Gasteiger partial charge in [0.05, 0.1) is 0 Å². The molecule has 2 heteroatoms. The van der Waals surface area contributed by atoms with Crippen molar-refractivity contribution in [3.05, 3.63) is 35.4 Å². The van der Waals surface area contributed by atoms with Crippen LogP contribution in [-0.2, 0) is 0 Å². The maximum atomic E-state index is 5.84. The van der Waals surface area contributed by atoms with Crippen molar-refractivity contribution in [1.29, 1.82) is 0 Å². The fourth-order valence-corrected chi connectivity index (χ4v) is 2.43. The molecule has 82 valence electrons. The third-order valence-corrected chi connectivity index (χ3v) is 3.43. The molecule has 1 unspecified atom stereocenters. The summed E-state index contributed by atoms with van der Waals surface area (Å²) in [7, 11) is 2.04. The van der Waals surface area contributed by atoms with Crippen LogP contribution in [0.2, 0.25) is 0 Å². The summed E-state index contributed by atoms with van der Waals surface area (Å²) < 4.78 is 0. The van der Waals surface area contributed by atoms with E-state index in [4.69, 9.17) is 5.73 Å². The Morgan fingerprint density at radius 2 is 1.87 bits per heavy atom. The van der Waals surface area contributed by atoms with Crippen LogP contribution in [0, 0.1) is 12.8 Å². The van der Waals surface area contributed by atoms with Gasteiger partial charge in [0.2, 0.25) is 0 Å². The van der Waals surface area contributed by atoms with Gasteiger partial charge in [0.1, 0.15) is 0 Å². The summed E-state index contributed by atoms with van der Waals surface area (Å²) in [4.78, 5) is 0. The molecule has 1 aliphatic rings. The molecule has 0 aromatic heterocycles. The van der Waals surface area contributed by atoms with Crippen LogP contribution in [0.25, 0.3) is 0 Å². The number of hydrogen-bond acceptors (Lipinski definition) is 2. The van der Waals surface area contributed by atoms with Gasteiger partial charge in [0.15, 0.2) is 0 Å². The molecule has 0 aliphatic heterocycles. The van der Waals surface area contributed by atoms with Crippen molar-refractivity contribution in [1.82, 2.24) is 5.32 Å². The zero-order chi connectivity index (χ0) is 10.8. The molecule has 0 saturated heterocycles. The number of nitrogens with two attached hydrogens (primary N) is 1. The Hall–Kier alpha value is -0.860.